The van der Waals surface area contributed by atoms with Crippen molar-refractivity contribution in [1.29, 1.82) is 0 Å². The van der Waals surface area contributed by atoms with Crippen LogP contribution in [0.2, 0.25) is 0 Å². The Labute approximate surface area is 184 Å². The quantitative estimate of drug-likeness (QED) is 0.399. The fourth-order valence-electron chi connectivity index (χ4n) is 3.12. The molecule has 8 nitrogen and oxygen atoms in total. The number of fused-ring (bicyclic) bond motifs is 3. The summed E-state index contributed by atoms with van der Waals surface area (Å²) in [7, 11) is 1.31. The van der Waals surface area contributed by atoms with E-state index in [9.17, 15) is 14.7 Å². The van der Waals surface area contributed by atoms with Crippen molar-refractivity contribution in [2.24, 2.45) is 0 Å². The minimum atomic E-state index is -1.19. The maximum absolute atomic E-state index is 12.4. The SMILES string of the molecule is COC(=O)c1sc2ccc3nc(C)ccc3c2c1NC(O)[C@H](C)NC(=O)OC(C)(C)C. The second-order valence-electron chi connectivity index (χ2n) is 8.28. The highest BCUT2D eigenvalue weighted by atomic mass is 32.1. The van der Waals surface area contributed by atoms with Crippen molar-refractivity contribution in [3.8, 4) is 0 Å². The summed E-state index contributed by atoms with van der Waals surface area (Å²) in [6, 6.07) is 6.92. The van der Waals surface area contributed by atoms with Crippen molar-refractivity contribution in [2.75, 3.05) is 12.4 Å². The number of thiophene rings is 1. The van der Waals surface area contributed by atoms with E-state index in [1.165, 1.54) is 18.4 Å². The van der Waals surface area contributed by atoms with Gasteiger partial charge in [-0.25, -0.2) is 9.59 Å². The van der Waals surface area contributed by atoms with Crippen molar-refractivity contribution >= 4 is 50.1 Å². The van der Waals surface area contributed by atoms with Crippen LogP contribution >= 0.6 is 11.3 Å². The first kappa shape index (κ1) is 22.8. The Balaban J connectivity index is 1.99. The molecular weight excluding hydrogens is 418 g/mol. The van der Waals surface area contributed by atoms with Gasteiger partial charge >= 0.3 is 12.1 Å². The lowest BCUT2D eigenvalue weighted by atomic mass is 10.1. The van der Waals surface area contributed by atoms with Gasteiger partial charge in [0.15, 0.2) is 0 Å². The number of esters is 1. The van der Waals surface area contributed by atoms with Crippen LogP contribution in [-0.4, -0.2) is 47.1 Å². The fourth-order valence-corrected chi connectivity index (χ4v) is 4.22. The van der Waals surface area contributed by atoms with Gasteiger partial charge in [-0.1, -0.05) is 6.07 Å². The highest BCUT2D eigenvalue weighted by Crippen LogP contribution is 2.40. The largest absolute Gasteiger partial charge is 0.465 e. The average molecular weight is 446 g/mol. The van der Waals surface area contributed by atoms with E-state index in [2.05, 4.69) is 15.6 Å². The van der Waals surface area contributed by atoms with E-state index in [1.54, 1.807) is 27.7 Å². The molecule has 0 aliphatic heterocycles. The van der Waals surface area contributed by atoms with Crippen LogP contribution in [0.25, 0.3) is 21.0 Å². The normalized spacial score (nSPS) is 13.6. The van der Waals surface area contributed by atoms with E-state index in [4.69, 9.17) is 9.47 Å². The number of hydrogen-bond acceptors (Lipinski definition) is 8. The van der Waals surface area contributed by atoms with Gasteiger partial charge in [0.2, 0.25) is 0 Å². The van der Waals surface area contributed by atoms with Gasteiger partial charge in [0.05, 0.1) is 24.4 Å². The van der Waals surface area contributed by atoms with Crippen LogP contribution in [0.1, 0.15) is 43.1 Å². The molecule has 9 heteroatoms. The number of ether oxygens (including phenoxy) is 2. The van der Waals surface area contributed by atoms with Gasteiger partial charge in [-0.3, -0.25) is 4.98 Å². The topological polar surface area (TPSA) is 110 Å². The Morgan fingerprint density at radius 1 is 1.19 bits per heavy atom. The average Bonchev–Trinajstić information content (AvgIpc) is 3.04. The smallest absolute Gasteiger partial charge is 0.408 e. The van der Waals surface area contributed by atoms with Crippen LogP contribution in [-0.2, 0) is 9.47 Å². The molecule has 2 aromatic heterocycles. The van der Waals surface area contributed by atoms with Crippen LogP contribution in [0.15, 0.2) is 24.3 Å². The number of aliphatic hydroxyl groups excluding tert-OH is 1. The number of hydrogen-bond donors (Lipinski definition) is 3. The number of carbonyl (C=O) groups is 2. The molecule has 3 aromatic rings. The molecule has 0 saturated carbocycles. The van der Waals surface area contributed by atoms with E-state index < -0.39 is 29.9 Å². The standard InChI is InChI=1S/C22H27N3O5S/c1-11-7-8-13-14(23-11)9-10-15-16(13)17(18(31-15)20(27)29-6)25-19(26)12(2)24-21(28)30-22(3,4)5/h7-10,12,19,25-26H,1-6H3,(H,24,28)/t12-,19?/m0/s1. The number of nitrogens with one attached hydrogen (secondary N) is 2. The van der Waals surface area contributed by atoms with Crippen molar-refractivity contribution in [2.45, 2.75) is 52.5 Å². The number of pyridine rings is 1. The Morgan fingerprint density at radius 3 is 2.55 bits per heavy atom. The number of alkyl carbamates (subject to hydrolysis) is 1. The number of aromatic nitrogens is 1. The first-order chi connectivity index (χ1) is 14.5. The van der Waals surface area contributed by atoms with Crippen molar-refractivity contribution in [3.63, 3.8) is 0 Å². The number of benzene rings is 1. The van der Waals surface area contributed by atoms with Gasteiger partial charge in [0.25, 0.3) is 0 Å². The van der Waals surface area contributed by atoms with Crippen LogP contribution < -0.4 is 10.6 Å². The third-order valence-electron chi connectivity index (χ3n) is 4.54. The molecule has 31 heavy (non-hydrogen) atoms. The molecule has 0 radical (unpaired) electrons. The highest BCUT2D eigenvalue weighted by Gasteiger charge is 2.26. The van der Waals surface area contributed by atoms with E-state index in [1.807, 2.05) is 31.2 Å². The zero-order valence-electron chi connectivity index (χ0n) is 18.4. The molecule has 3 rings (SSSR count). The monoisotopic (exact) mass is 445 g/mol. The minimum Gasteiger partial charge on any atom is -0.465 e. The molecule has 1 unspecified atom stereocenters. The molecule has 0 bridgehead atoms. The second kappa shape index (κ2) is 8.68. The van der Waals surface area contributed by atoms with Crippen molar-refractivity contribution in [1.82, 2.24) is 10.3 Å². The molecule has 0 aliphatic carbocycles. The van der Waals surface area contributed by atoms with Gasteiger partial charge in [-0.15, -0.1) is 11.3 Å². The number of anilines is 1. The van der Waals surface area contributed by atoms with Gasteiger partial charge in [0, 0.05) is 21.2 Å². The first-order valence-electron chi connectivity index (χ1n) is 9.85. The number of aliphatic hydroxyl groups is 1. The predicted octanol–water partition coefficient (Wildman–Crippen LogP) is 4.19. The number of methoxy groups -OCH3 is 1. The lowest BCUT2D eigenvalue weighted by Crippen LogP contribution is -2.46. The zero-order valence-corrected chi connectivity index (χ0v) is 19.2. The lowest BCUT2D eigenvalue weighted by molar-refractivity contribution is 0.0454. The van der Waals surface area contributed by atoms with E-state index in [0.29, 0.717) is 10.6 Å². The Bertz CT molecular complexity index is 1140. The Hall–Kier alpha value is -2.91. The summed E-state index contributed by atoms with van der Waals surface area (Å²) in [4.78, 5) is 29.4. The van der Waals surface area contributed by atoms with Gasteiger partial charge in [0.1, 0.15) is 16.7 Å². The number of rotatable bonds is 5. The summed E-state index contributed by atoms with van der Waals surface area (Å²) in [6.45, 7) is 8.81. The van der Waals surface area contributed by atoms with Gasteiger partial charge in [-0.05, 0) is 52.8 Å². The molecule has 2 heterocycles. The van der Waals surface area contributed by atoms with Crippen LogP contribution in [0.5, 0.6) is 0 Å². The maximum Gasteiger partial charge on any atom is 0.408 e. The number of aryl methyl sites for hydroxylation is 1. The van der Waals surface area contributed by atoms with Crippen molar-refractivity contribution in [3.05, 3.63) is 34.8 Å². The molecule has 1 aromatic carbocycles. The molecule has 0 fully saturated rings. The van der Waals surface area contributed by atoms with Crippen LogP contribution in [0.4, 0.5) is 10.5 Å². The highest BCUT2D eigenvalue weighted by molar-refractivity contribution is 7.21. The first-order valence-corrected chi connectivity index (χ1v) is 10.7. The summed E-state index contributed by atoms with van der Waals surface area (Å²) >= 11 is 1.26. The Morgan fingerprint density at radius 2 is 1.90 bits per heavy atom. The zero-order chi connectivity index (χ0) is 22.9. The van der Waals surface area contributed by atoms with Gasteiger partial charge < -0.3 is 25.2 Å². The fraction of sp³-hybridized carbons (Fsp3) is 0.409. The predicted molar refractivity (Wildman–Crippen MR) is 122 cm³/mol. The summed E-state index contributed by atoms with van der Waals surface area (Å²) in [6.07, 6.45) is -1.84. The summed E-state index contributed by atoms with van der Waals surface area (Å²) in [5.41, 5.74) is 1.43. The third-order valence-corrected chi connectivity index (χ3v) is 5.68. The minimum absolute atomic E-state index is 0.328. The molecule has 0 saturated heterocycles. The maximum atomic E-state index is 12.4. The molecule has 0 aliphatic rings. The third kappa shape index (κ3) is 5.05. The van der Waals surface area contributed by atoms with Crippen LogP contribution in [0.3, 0.4) is 0 Å². The molecular formula is C22H27N3O5S. The van der Waals surface area contributed by atoms with E-state index in [0.717, 1.165) is 26.7 Å². The molecule has 3 N–H and O–H groups in total. The van der Waals surface area contributed by atoms with Crippen LogP contribution in [0, 0.1) is 6.92 Å². The molecule has 166 valence electrons. The van der Waals surface area contributed by atoms with E-state index in [-0.39, 0.29) is 0 Å². The molecule has 0 spiro atoms. The lowest BCUT2D eigenvalue weighted by Gasteiger charge is -2.25. The summed E-state index contributed by atoms with van der Waals surface area (Å²) in [5, 5.41) is 17.9. The summed E-state index contributed by atoms with van der Waals surface area (Å²) < 4.78 is 11.0. The number of carbonyl (C=O) groups excluding carboxylic acids is 2. The number of nitrogens with zero attached hydrogens (tertiary/aromatic N) is 1. The van der Waals surface area contributed by atoms with E-state index >= 15 is 0 Å². The summed E-state index contributed by atoms with van der Waals surface area (Å²) in [5.74, 6) is -0.517. The number of amides is 1. The second-order valence-corrected chi connectivity index (χ2v) is 9.33. The van der Waals surface area contributed by atoms with Gasteiger partial charge in [-0.2, -0.15) is 0 Å². The molecule has 2 atom stereocenters. The van der Waals surface area contributed by atoms with Crippen molar-refractivity contribution < 1.29 is 24.2 Å². The Kier molecular flexibility index (Phi) is 6.38. The molecule has 1 amide bonds.